The molecular weight excluding hydrogens is 527 g/mol. The first-order valence-electron chi connectivity index (χ1n) is 14.1. The Kier molecular flexibility index (Phi) is 5.80. The molecule has 0 unspecified atom stereocenters. The summed E-state index contributed by atoms with van der Waals surface area (Å²) in [6.07, 6.45) is 2.04. The molecule has 3 heterocycles. The van der Waals surface area contributed by atoms with Gasteiger partial charge in [-0.15, -0.1) is 0 Å². The van der Waals surface area contributed by atoms with Crippen LogP contribution in [0.2, 0.25) is 0 Å². The van der Waals surface area contributed by atoms with E-state index in [1.807, 2.05) is 80.3 Å². The van der Waals surface area contributed by atoms with Gasteiger partial charge in [0, 0.05) is 28.1 Å². The van der Waals surface area contributed by atoms with E-state index in [-0.39, 0.29) is 23.0 Å². The summed E-state index contributed by atoms with van der Waals surface area (Å²) in [5, 5.41) is 3.04. The van der Waals surface area contributed by atoms with Crippen molar-refractivity contribution in [3.8, 4) is 0 Å². The van der Waals surface area contributed by atoms with E-state index in [0.29, 0.717) is 16.8 Å². The number of carbonyl (C=O) groups is 3. The maximum atomic E-state index is 14.8. The Hall–Kier alpha value is -4.84. The van der Waals surface area contributed by atoms with Gasteiger partial charge in [-0.1, -0.05) is 65.7 Å². The van der Waals surface area contributed by atoms with Gasteiger partial charge in [-0.2, -0.15) is 0 Å². The monoisotopic (exact) mass is 556 g/mol. The summed E-state index contributed by atoms with van der Waals surface area (Å²) in [6, 6.07) is 24.5. The van der Waals surface area contributed by atoms with E-state index in [4.69, 9.17) is 0 Å². The highest BCUT2D eigenvalue weighted by atomic mass is 19.1. The van der Waals surface area contributed by atoms with E-state index in [1.54, 1.807) is 12.1 Å². The number of hydrogen-bond acceptors (Lipinski definition) is 4. The Balaban J connectivity index is 1.55. The van der Waals surface area contributed by atoms with Crippen molar-refractivity contribution >= 4 is 34.4 Å². The van der Waals surface area contributed by atoms with E-state index in [1.165, 1.54) is 24.3 Å². The molecule has 1 fully saturated rings. The Labute approximate surface area is 243 Å². The number of nitrogens with zero attached hydrogens (tertiary/aromatic N) is 1. The van der Waals surface area contributed by atoms with Crippen LogP contribution in [0, 0.1) is 25.6 Å². The molecule has 1 N–H and O–H groups in total. The minimum atomic E-state index is -1.41. The lowest BCUT2D eigenvalue weighted by atomic mass is 9.64. The van der Waals surface area contributed by atoms with Crippen LogP contribution in [0.15, 0.2) is 97.1 Å². The van der Waals surface area contributed by atoms with Crippen molar-refractivity contribution in [3.05, 3.63) is 136 Å². The quantitative estimate of drug-likeness (QED) is 0.285. The van der Waals surface area contributed by atoms with E-state index in [9.17, 15) is 18.8 Å². The first-order valence-corrected chi connectivity index (χ1v) is 14.1. The van der Waals surface area contributed by atoms with Crippen LogP contribution < -0.4 is 10.2 Å². The average molecular weight is 557 g/mol. The predicted molar refractivity (Wildman–Crippen MR) is 161 cm³/mol. The molecule has 0 bridgehead atoms. The highest BCUT2D eigenvalue weighted by Gasteiger charge is 2.70. The van der Waals surface area contributed by atoms with Gasteiger partial charge in [0.1, 0.15) is 17.3 Å². The summed E-state index contributed by atoms with van der Waals surface area (Å²) < 4.78 is 14.0. The largest absolute Gasteiger partial charge is 0.352 e. The molecule has 4 aromatic rings. The van der Waals surface area contributed by atoms with Gasteiger partial charge in [-0.05, 0) is 74.4 Å². The molecule has 3 aliphatic heterocycles. The molecule has 7 rings (SSSR count). The second-order valence-electron chi connectivity index (χ2n) is 11.6. The number of amides is 1. The van der Waals surface area contributed by atoms with Crippen LogP contribution in [0.3, 0.4) is 0 Å². The zero-order valence-corrected chi connectivity index (χ0v) is 23.5. The van der Waals surface area contributed by atoms with E-state index < -0.39 is 29.2 Å². The molecule has 0 radical (unpaired) electrons. The molecule has 6 heteroatoms. The Morgan fingerprint density at radius 3 is 2.19 bits per heavy atom. The third-order valence-electron chi connectivity index (χ3n) is 9.15. The molecule has 42 heavy (non-hydrogen) atoms. The predicted octanol–water partition coefficient (Wildman–Crippen LogP) is 6.69. The second kappa shape index (κ2) is 9.35. The van der Waals surface area contributed by atoms with Crippen LogP contribution in [0.4, 0.5) is 15.8 Å². The fourth-order valence-electron chi connectivity index (χ4n) is 7.23. The number of rotatable bonds is 4. The van der Waals surface area contributed by atoms with Gasteiger partial charge in [-0.25, -0.2) is 4.39 Å². The van der Waals surface area contributed by atoms with Gasteiger partial charge in [0.25, 0.3) is 0 Å². The van der Waals surface area contributed by atoms with Crippen molar-refractivity contribution in [2.75, 3.05) is 10.2 Å². The molecule has 1 spiro atoms. The van der Waals surface area contributed by atoms with Crippen molar-refractivity contribution in [1.29, 1.82) is 0 Å². The Bertz CT molecular complexity index is 1830. The number of allylic oxidation sites excluding steroid dienone is 1. The van der Waals surface area contributed by atoms with E-state index >= 15 is 0 Å². The highest BCUT2D eigenvalue weighted by molar-refractivity contribution is 6.18. The number of ketones is 2. The third kappa shape index (κ3) is 3.57. The number of fused-ring (bicyclic) bond motifs is 6. The van der Waals surface area contributed by atoms with Gasteiger partial charge in [0.15, 0.2) is 11.6 Å². The summed E-state index contributed by atoms with van der Waals surface area (Å²) in [5.41, 5.74) is 5.44. The molecule has 0 aliphatic carbocycles. The van der Waals surface area contributed by atoms with Crippen LogP contribution in [0.5, 0.6) is 0 Å². The van der Waals surface area contributed by atoms with Crippen molar-refractivity contribution in [3.63, 3.8) is 0 Å². The molecule has 0 aromatic heterocycles. The van der Waals surface area contributed by atoms with Gasteiger partial charge in [0.05, 0.1) is 12.0 Å². The zero-order valence-electron chi connectivity index (χ0n) is 23.5. The third-order valence-corrected chi connectivity index (χ3v) is 9.15. The Morgan fingerprint density at radius 2 is 1.45 bits per heavy atom. The molecule has 208 valence electrons. The number of halogens is 1. The minimum Gasteiger partial charge on any atom is -0.352 e. The van der Waals surface area contributed by atoms with Gasteiger partial charge in [-0.3, -0.25) is 14.4 Å². The van der Waals surface area contributed by atoms with Crippen LogP contribution in [-0.4, -0.2) is 29.6 Å². The maximum absolute atomic E-state index is 14.8. The number of anilines is 2. The molecule has 1 saturated heterocycles. The summed E-state index contributed by atoms with van der Waals surface area (Å²) in [4.78, 5) is 45.9. The number of para-hydroxylation sites is 1. The number of Topliss-reactive ketones (excluding diaryl/α,β-unsaturated/α-hetero) is 2. The van der Waals surface area contributed by atoms with Crippen molar-refractivity contribution in [2.45, 2.75) is 38.3 Å². The fourth-order valence-corrected chi connectivity index (χ4v) is 7.23. The van der Waals surface area contributed by atoms with Crippen LogP contribution in [0.25, 0.3) is 5.57 Å². The highest BCUT2D eigenvalue weighted by Crippen LogP contribution is 2.58. The normalized spacial score (nSPS) is 23.6. The van der Waals surface area contributed by atoms with E-state index in [0.717, 1.165) is 28.0 Å². The summed E-state index contributed by atoms with van der Waals surface area (Å²) in [7, 11) is 0. The molecule has 0 saturated carbocycles. The summed E-state index contributed by atoms with van der Waals surface area (Å²) >= 11 is 0. The number of benzene rings is 4. The lowest BCUT2D eigenvalue weighted by Gasteiger charge is -2.39. The van der Waals surface area contributed by atoms with E-state index in [2.05, 4.69) is 11.4 Å². The van der Waals surface area contributed by atoms with Gasteiger partial charge in [0.2, 0.25) is 5.91 Å². The van der Waals surface area contributed by atoms with Crippen LogP contribution in [0.1, 0.15) is 49.9 Å². The second-order valence-corrected chi connectivity index (χ2v) is 11.6. The molecule has 1 amide bonds. The van der Waals surface area contributed by atoms with Gasteiger partial charge < -0.3 is 10.2 Å². The molecular formula is C36H29FN2O3. The Morgan fingerprint density at radius 1 is 0.810 bits per heavy atom. The van der Waals surface area contributed by atoms with Crippen molar-refractivity contribution in [1.82, 2.24) is 0 Å². The minimum absolute atomic E-state index is 0.242. The van der Waals surface area contributed by atoms with Gasteiger partial charge >= 0.3 is 0 Å². The number of carbonyl (C=O) groups excluding carboxylic acids is 3. The van der Waals surface area contributed by atoms with Crippen LogP contribution in [-0.2, 0) is 10.2 Å². The van der Waals surface area contributed by atoms with Crippen LogP contribution >= 0.6 is 0 Å². The van der Waals surface area contributed by atoms with Crippen molar-refractivity contribution < 1.29 is 18.8 Å². The first kappa shape index (κ1) is 26.1. The first-order chi connectivity index (χ1) is 20.2. The standard InChI is InChI=1S/C36H29FN2O3/c1-20-8-11-24(12-9-20)34(41)32-31(33(40)23-13-15-25(37)16-14-23)36(27-6-4-5-7-28(27)38-35(36)42)30-19-22(3)26-18-21(2)10-17-29(26)39(30)32/h4-19,30-32H,1-3H3,(H,38,42)/t30-,31+,32+,36-/m1/s1. The number of hydrogen-bond donors (Lipinski definition) is 1. The lowest BCUT2D eigenvalue weighted by molar-refractivity contribution is -0.121. The van der Waals surface area contributed by atoms with Crippen molar-refractivity contribution in [2.24, 2.45) is 5.92 Å². The molecule has 4 aromatic carbocycles. The molecule has 3 aliphatic rings. The molecule has 5 nitrogen and oxygen atoms in total. The lowest BCUT2D eigenvalue weighted by Crippen LogP contribution is -2.51. The average Bonchev–Trinajstić information content (AvgIpc) is 3.45. The SMILES string of the molecule is CC1=C[C@H]2N(c3ccc(C)cc31)[C@H](C(=O)c1ccc(C)cc1)[C@@H](C(=O)c1ccc(F)cc1)[C@]21C(=O)Nc2ccccc21. The number of nitrogens with one attached hydrogen (secondary N) is 1. The zero-order chi connectivity index (χ0) is 29.3. The fraction of sp³-hybridized carbons (Fsp3) is 0.194. The topological polar surface area (TPSA) is 66.5 Å². The number of aryl methyl sites for hydroxylation is 2. The summed E-state index contributed by atoms with van der Waals surface area (Å²) in [5.74, 6) is -2.50. The smallest absolute Gasteiger partial charge is 0.238 e. The maximum Gasteiger partial charge on any atom is 0.238 e. The summed E-state index contributed by atoms with van der Waals surface area (Å²) in [6.45, 7) is 5.97. The molecule has 4 atom stereocenters.